The molecule has 64 heavy (non-hydrogen) atoms. The molecule has 13 rings (SSSR count). The third-order valence-electron chi connectivity index (χ3n) is 13.6. The van der Waals surface area contributed by atoms with Crippen molar-refractivity contribution in [3.8, 4) is 62.1 Å². The zero-order chi connectivity index (χ0) is 42.5. The number of hydrogen-bond acceptors (Lipinski definition) is 3. The van der Waals surface area contributed by atoms with Gasteiger partial charge in [-0.2, -0.15) is 9.97 Å². The topological polar surface area (TPSA) is 43.6 Å². The van der Waals surface area contributed by atoms with E-state index in [1.165, 1.54) is 71.3 Å². The second kappa shape index (κ2) is 13.9. The predicted molar refractivity (Wildman–Crippen MR) is 266 cm³/mol. The van der Waals surface area contributed by atoms with E-state index in [4.69, 9.17) is 15.0 Å². The lowest BCUT2D eigenvalue weighted by Gasteiger charge is -2.21. The van der Waals surface area contributed by atoms with E-state index in [0.717, 1.165) is 38.5 Å². The smallest absolute Gasteiger partial charge is 0.238 e. The van der Waals surface area contributed by atoms with Gasteiger partial charge in [-0.15, -0.1) is 0 Å². The molecule has 4 heteroatoms. The lowest BCUT2D eigenvalue weighted by Crippen LogP contribution is -2.14. The maximum atomic E-state index is 5.28. The molecule has 300 valence electrons. The van der Waals surface area contributed by atoms with Crippen molar-refractivity contribution >= 4 is 54.1 Å². The average Bonchev–Trinajstić information content (AvgIpc) is 3.80. The fourth-order valence-electron chi connectivity index (χ4n) is 10.5. The van der Waals surface area contributed by atoms with E-state index in [0.29, 0.717) is 17.6 Å². The summed E-state index contributed by atoms with van der Waals surface area (Å²) in [5.74, 6) is 1.83. The predicted octanol–water partition coefficient (Wildman–Crippen LogP) is 15.4. The molecule has 0 unspecified atom stereocenters. The summed E-state index contributed by atoms with van der Waals surface area (Å²) in [6.45, 7) is 4.69. The van der Waals surface area contributed by atoms with Crippen molar-refractivity contribution in [2.24, 2.45) is 0 Å². The highest BCUT2D eigenvalue weighted by molar-refractivity contribution is 6.29. The van der Waals surface area contributed by atoms with Crippen LogP contribution in [0.3, 0.4) is 0 Å². The van der Waals surface area contributed by atoms with Crippen LogP contribution in [0.25, 0.3) is 116 Å². The minimum atomic E-state index is -0.0403. The highest BCUT2D eigenvalue weighted by atomic mass is 15.2. The maximum absolute atomic E-state index is 5.28. The summed E-state index contributed by atoms with van der Waals surface area (Å²) in [6, 6.07) is 74.5. The second-order valence-electron chi connectivity index (χ2n) is 17.6. The summed E-state index contributed by atoms with van der Waals surface area (Å²) < 4.78 is 2.25. The van der Waals surface area contributed by atoms with E-state index in [9.17, 15) is 0 Å². The fourth-order valence-corrected chi connectivity index (χ4v) is 10.5. The van der Waals surface area contributed by atoms with Gasteiger partial charge in [-0.05, 0) is 113 Å². The molecular formula is C60H40N4. The van der Waals surface area contributed by atoms with Gasteiger partial charge in [-0.25, -0.2) is 4.98 Å². The van der Waals surface area contributed by atoms with Crippen molar-refractivity contribution in [3.05, 3.63) is 217 Å². The number of fused-ring (bicyclic) bond motifs is 12. The molecule has 0 amide bonds. The maximum Gasteiger partial charge on any atom is 0.238 e. The van der Waals surface area contributed by atoms with Gasteiger partial charge >= 0.3 is 0 Å². The van der Waals surface area contributed by atoms with Gasteiger partial charge in [0.05, 0.1) is 11.0 Å². The zero-order valence-electron chi connectivity index (χ0n) is 35.4. The van der Waals surface area contributed by atoms with Crippen LogP contribution < -0.4 is 0 Å². The van der Waals surface area contributed by atoms with Crippen LogP contribution in [-0.2, 0) is 5.41 Å². The third-order valence-corrected chi connectivity index (χ3v) is 13.6. The molecule has 2 aromatic heterocycles. The summed E-state index contributed by atoms with van der Waals surface area (Å²) >= 11 is 0. The van der Waals surface area contributed by atoms with E-state index >= 15 is 0 Å². The number of hydrogen-bond donors (Lipinski definition) is 0. The summed E-state index contributed by atoms with van der Waals surface area (Å²) in [5.41, 5.74) is 14.1. The lowest BCUT2D eigenvalue weighted by atomic mass is 9.82. The monoisotopic (exact) mass is 816 g/mol. The minimum Gasteiger partial charge on any atom is -0.278 e. The molecule has 0 saturated carbocycles. The minimum absolute atomic E-state index is 0.0403. The van der Waals surface area contributed by atoms with Crippen LogP contribution in [0.1, 0.15) is 25.0 Å². The van der Waals surface area contributed by atoms with Crippen molar-refractivity contribution in [3.63, 3.8) is 0 Å². The Labute approximate surface area is 370 Å². The van der Waals surface area contributed by atoms with Crippen LogP contribution in [0.15, 0.2) is 206 Å². The van der Waals surface area contributed by atoms with Gasteiger partial charge in [-0.3, -0.25) is 4.57 Å². The van der Waals surface area contributed by atoms with Crippen LogP contribution in [0.5, 0.6) is 0 Å². The molecule has 0 atom stereocenters. The summed E-state index contributed by atoms with van der Waals surface area (Å²) in [7, 11) is 0. The largest absolute Gasteiger partial charge is 0.278 e. The first-order chi connectivity index (χ1) is 31.5. The molecule has 0 spiro atoms. The number of aromatic nitrogens is 4. The van der Waals surface area contributed by atoms with Gasteiger partial charge < -0.3 is 0 Å². The van der Waals surface area contributed by atoms with E-state index in [1.807, 2.05) is 36.4 Å². The molecule has 0 fully saturated rings. The van der Waals surface area contributed by atoms with Gasteiger partial charge in [0.2, 0.25) is 5.95 Å². The van der Waals surface area contributed by atoms with Crippen molar-refractivity contribution in [2.45, 2.75) is 19.3 Å². The van der Waals surface area contributed by atoms with E-state index < -0.39 is 0 Å². The van der Waals surface area contributed by atoms with Crippen molar-refractivity contribution < 1.29 is 0 Å². The Bertz CT molecular complexity index is 3790. The first kappa shape index (κ1) is 36.4. The summed E-state index contributed by atoms with van der Waals surface area (Å²) in [4.78, 5) is 15.6. The molecule has 0 aliphatic heterocycles. The Balaban J connectivity index is 1.11. The average molecular weight is 817 g/mol. The number of rotatable bonds is 5. The third kappa shape index (κ3) is 5.52. The van der Waals surface area contributed by atoms with Crippen molar-refractivity contribution in [1.82, 2.24) is 19.5 Å². The summed E-state index contributed by atoms with van der Waals surface area (Å²) in [5, 5.41) is 9.59. The molecule has 1 aliphatic carbocycles. The van der Waals surface area contributed by atoms with Crippen molar-refractivity contribution in [1.29, 1.82) is 0 Å². The molecule has 0 radical (unpaired) electrons. The highest BCUT2D eigenvalue weighted by Crippen LogP contribution is 2.50. The van der Waals surface area contributed by atoms with E-state index in [1.54, 1.807) is 0 Å². The Morgan fingerprint density at radius 1 is 0.312 bits per heavy atom. The SMILES string of the molecule is CC1(C)c2ccccc2-c2cc(-c3ccc4c5ccccc5c5cc6c(cc5c4c3)c3cc(-c4ccccc4)ccc3n6-c3nc(-c4ccccc4)nc(-c4ccccc4)n3)ccc21. The summed E-state index contributed by atoms with van der Waals surface area (Å²) in [6.07, 6.45) is 0. The molecule has 10 aromatic carbocycles. The Morgan fingerprint density at radius 3 is 1.52 bits per heavy atom. The van der Waals surface area contributed by atoms with Gasteiger partial charge in [-0.1, -0.05) is 184 Å². The zero-order valence-corrected chi connectivity index (χ0v) is 35.4. The molecule has 2 heterocycles. The lowest BCUT2D eigenvalue weighted by molar-refractivity contribution is 0.660. The van der Waals surface area contributed by atoms with Gasteiger partial charge in [0.15, 0.2) is 11.6 Å². The molecule has 1 aliphatic rings. The second-order valence-corrected chi connectivity index (χ2v) is 17.6. The van der Waals surface area contributed by atoms with Crippen molar-refractivity contribution in [2.75, 3.05) is 0 Å². The van der Waals surface area contributed by atoms with Crippen LogP contribution in [0.4, 0.5) is 0 Å². The first-order valence-electron chi connectivity index (χ1n) is 22.0. The first-order valence-corrected chi connectivity index (χ1v) is 22.0. The van der Waals surface area contributed by atoms with Crippen LogP contribution in [0.2, 0.25) is 0 Å². The quantitative estimate of drug-likeness (QED) is 0.163. The Kier molecular flexibility index (Phi) is 7.92. The number of benzene rings is 10. The van der Waals surface area contributed by atoms with Gasteiger partial charge in [0.25, 0.3) is 0 Å². The molecular weight excluding hydrogens is 777 g/mol. The van der Waals surface area contributed by atoms with Gasteiger partial charge in [0, 0.05) is 27.3 Å². The molecule has 4 nitrogen and oxygen atoms in total. The number of nitrogens with zero attached hydrogens (tertiary/aromatic N) is 4. The van der Waals surface area contributed by atoms with E-state index in [2.05, 4.69) is 188 Å². The molecule has 12 aromatic rings. The standard InChI is InChI=1S/C60H40N4/c1-60(2)53-25-15-14-24-46(53)50-33-42(27-30-54(50)60)41-26-29-45-43-22-12-13-23-44(43)49-36-56-52(35-48(49)47(45)32-41)51-34-40(37-16-6-3-7-17-37)28-31-55(51)64(56)59-62-57(38-18-8-4-9-19-38)61-58(63-59)39-20-10-5-11-21-39/h3-36H,1-2H3. The van der Waals surface area contributed by atoms with Crippen LogP contribution in [-0.4, -0.2) is 19.5 Å². The Hall–Kier alpha value is -8.21. The Morgan fingerprint density at radius 2 is 0.797 bits per heavy atom. The molecule has 0 bridgehead atoms. The van der Waals surface area contributed by atoms with Crippen LogP contribution >= 0.6 is 0 Å². The highest BCUT2D eigenvalue weighted by Gasteiger charge is 2.35. The molecule has 0 N–H and O–H groups in total. The fraction of sp³-hybridized carbons (Fsp3) is 0.0500. The van der Waals surface area contributed by atoms with E-state index in [-0.39, 0.29) is 5.41 Å². The molecule has 0 saturated heterocycles. The normalized spacial score (nSPS) is 13.0. The van der Waals surface area contributed by atoms with Crippen LogP contribution in [0, 0.1) is 0 Å². The van der Waals surface area contributed by atoms with Gasteiger partial charge in [0.1, 0.15) is 0 Å².